The van der Waals surface area contributed by atoms with E-state index < -0.39 is 11.7 Å². The number of rotatable bonds is 9. The van der Waals surface area contributed by atoms with Crippen molar-refractivity contribution < 1.29 is 22.7 Å². The molecule has 32 heavy (non-hydrogen) atoms. The first-order valence-electron chi connectivity index (χ1n) is 11.3. The maximum Gasteiger partial charge on any atom is 0.417 e. The normalized spacial score (nSPS) is 17.3. The summed E-state index contributed by atoms with van der Waals surface area (Å²) in [7, 11) is 0. The summed E-state index contributed by atoms with van der Waals surface area (Å²) < 4.78 is 46.5. The molecule has 1 aliphatic heterocycles. The summed E-state index contributed by atoms with van der Waals surface area (Å²) in [5, 5.41) is 9.32. The topological polar surface area (TPSA) is 70.2 Å². The van der Waals surface area contributed by atoms with Crippen LogP contribution in [-0.2, 0) is 11.0 Å². The van der Waals surface area contributed by atoms with E-state index in [2.05, 4.69) is 20.4 Å². The highest BCUT2D eigenvalue weighted by atomic mass is 19.4. The van der Waals surface area contributed by atoms with E-state index in [0.717, 1.165) is 45.0 Å². The molecule has 174 valence electrons. The van der Waals surface area contributed by atoms with Crippen LogP contribution in [0.15, 0.2) is 24.3 Å². The van der Waals surface area contributed by atoms with E-state index in [0.29, 0.717) is 18.9 Å². The van der Waals surface area contributed by atoms with E-state index in [1.54, 1.807) is 0 Å². The fourth-order valence-corrected chi connectivity index (χ4v) is 3.95. The zero-order valence-electron chi connectivity index (χ0n) is 18.0. The van der Waals surface area contributed by atoms with E-state index in [-0.39, 0.29) is 28.7 Å². The minimum atomic E-state index is -4.55. The van der Waals surface area contributed by atoms with Crippen molar-refractivity contribution in [3.8, 4) is 17.0 Å². The van der Waals surface area contributed by atoms with Crippen molar-refractivity contribution in [2.24, 2.45) is 5.92 Å². The van der Waals surface area contributed by atoms with E-state index in [1.807, 2.05) is 0 Å². The largest absolute Gasteiger partial charge is 0.493 e. The molecule has 6 nitrogen and oxygen atoms in total. The first kappa shape index (κ1) is 22.6. The number of piperidine rings is 1. The number of likely N-dealkylation sites (tertiary alicyclic amines) is 1. The number of alkyl halides is 3. The number of nitrogens with one attached hydrogen (secondary N) is 2. The first-order valence-corrected chi connectivity index (χ1v) is 11.3. The second-order valence-electron chi connectivity index (χ2n) is 8.68. The Kier molecular flexibility index (Phi) is 7.03. The Morgan fingerprint density at radius 3 is 2.69 bits per heavy atom. The standard InChI is InChI=1S/C23H29F3N4O2/c24-23(25,26)19-13-17(32-15-16-6-7-16)8-9-18(19)20-14-21(29-28-20)27-22(31)5-4-12-30-10-2-1-3-11-30/h8-9,13-14,16H,1-7,10-12,15H2,(H2,27,28,29,31). The molecule has 1 aromatic heterocycles. The summed E-state index contributed by atoms with van der Waals surface area (Å²) in [6.45, 7) is 3.48. The van der Waals surface area contributed by atoms with Gasteiger partial charge in [0.15, 0.2) is 0 Å². The zero-order chi connectivity index (χ0) is 22.6. The number of halogens is 3. The molecule has 0 spiro atoms. The summed E-state index contributed by atoms with van der Waals surface area (Å²) >= 11 is 0. The third-order valence-corrected chi connectivity index (χ3v) is 5.93. The van der Waals surface area contributed by atoms with Crippen molar-refractivity contribution in [1.82, 2.24) is 15.1 Å². The molecular weight excluding hydrogens is 421 g/mol. The molecular formula is C23H29F3N4O2. The Morgan fingerprint density at radius 1 is 1.19 bits per heavy atom. The van der Waals surface area contributed by atoms with Crippen LogP contribution in [0.4, 0.5) is 19.0 Å². The number of carbonyl (C=O) groups is 1. The number of nitrogens with zero attached hydrogens (tertiary/aromatic N) is 2. The van der Waals surface area contributed by atoms with Gasteiger partial charge in [-0.05, 0) is 75.9 Å². The number of anilines is 1. The van der Waals surface area contributed by atoms with E-state index in [4.69, 9.17) is 4.74 Å². The Balaban J connectivity index is 1.36. The number of ether oxygens (including phenoxy) is 1. The summed E-state index contributed by atoms with van der Waals surface area (Å²) in [5.74, 6) is 0.745. The fourth-order valence-electron chi connectivity index (χ4n) is 3.95. The molecule has 1 aromatic carbocycles. The van der Waals surface area contributed by atoms with Gasteiger partial charge in [0.05, 0.1) is 17.9 Å². The second-order valence-corrected chi connectivity index (χ2v) is 8.68. The molecule has 1 amide bonds. The summed E-state index contributed by atoms with van der Waals surface area (Å²) in [4.78, 5) is 14.6. The Labute approximate surface area is 185 Å². The maximum absolute atomic E-state index is 13.7. The van der Waals surface area contributed by atoms with Crippen LogP contribution < -0.4 is 10.1 Å². The minimum absolute atomic E-state index is 0.0573. The molecule has 4 rings (SSSR count). The third kappa shape index (κ3) is 6.25. The van der Waals surface area contributed by atoms with Crippen LogP contribution in [0.1, 0.15) is 50.5 Å². The van der Waals surface area contributed by atoms with Gasteiger partial charge in [0.25, 0.3) is 0 Å². The van der Waals surface area contributed by atoms with Crippen molar-refractivity contribution in [3.63, 3.8) is 0 Å². The number of benzene rings is 1. The highest BCUT2D eigenvalue weighted by Crippen LogP contribution is 2.39. The maximum atomic E-state index is 13.7. The predicted molar refractivity (Wildman–Crippen MR) is 115 cm³/mol. The Morgan fingerprint density at radius 2 is 1.97 bits per heavy atom. The van der Waals surface area contributed by atoms with Crippen LogP contribution in [0.25, 0.3) is 11.3 Å². The number of aromatic amines is 1. The van der Waals surface area contributed by atoms with Gasteiger partial charge in [-0.2, -0.15) is 18.3 Å². The van der Waals surface area contributed by atoms with Crippen LogP contribution in [-0.4, -0.2) is 47.2 Å². The third-order valence-electron chi connectivity index (χ3n) is 5.93. The fraction of sp³-hybridized carbons (Fsp3) is 0.565. The first-order chi connectivity index (χ1) is 15.4. The van der Waals surface area contributed by atoms with Crippen LogP contribution in [0.5, 0.6) is 5.75 Å². The molecule has 1 saturated carbocycles. The van der Waals surface area contributed by atoms with Gasteiger partial charge < -0.3 is 15.0 Å². The average Bonchev–Trinajstić information content (AvgIpc) is 3.49. The lowest BCUT2D eigenvalue weighted by Gasteiger charge is -2.26. The number of hydrogen-bond donors (Lipinski definition) is 2. The molecule has 0 bridgehead atoms. The van der Waals surface area contributed by atoms with Gasteiger partial charge in [0, 0.05) is 18.1 Å². The van der Waals surface area contributed by atoms with E-state index >= 15 is 0 Å². The van der Waals surface area contributed by atoms with Crippen LogP contribution in [0.3, 0.4) is 0 Å². The molecule has 2 fully saturated rings. The van der Waals surface area contributed by atoms with Gasteiger partial charge in [0.2, 0.25) is 5.91 Å². The molecule has 1 aliphatic carbocycles. The van der Waals surface area contributed by atoms with Crippen molar-refractivity contribution in [2.75, 3.05) is 31.6 Å². The molecule has 9 heteroatoms. The molecule has 0 unspecified atom stereocenters. The van der Waals surface area contributed by atoms with Crippen LogP contribution in [0, 0.1) is 5.92 Å². The Bertz CT molecular complexity index is 918. The number of H-pyrrole nitrogens is 1. The van der Waals surface area contributed by atoms with Crippen LogP contribution in [0.2, 0.25) is 0 Å². The van der Waals surface area contributed by atoms with Crippen molar-refractivity contribution in [1.29, 1.82) is 0 Å². The number of hydrogen-bond acceptors (Lipinski definition) is 4. The Hall–Kier alpha value is -2.55. The molecule has 2 heterocycles. The number of carbonyl (C=O) groups excluding carboxylic acids is 1. The molecule has 2 aromatic rings. The van der Waals surface area contributed by atoms with Crippen molar-refractivity contribution in [3.05, 3.63) is 29.8 Å². The monoisotopic (exact) mass is 450 g/mol. The van der Waals surface area contributed by atoms with E-state index in [1.165, 1.54) is 37.5 Å². The lowest BCUT2D eigenvalue weighted by molar-refractivity contribution is -0.137. The predicted octanol–water partition coefficient (Wildman–Crippen LogP) is 5.09. The van der Waals surface area contributed by atoms with Gasteiger partial charge >= 0.3 is 6.18 Å². The lowest BCUT2D eigenvalue weighted by atomic mass is 10.0. The van der Waals surface area contributed by atoms with E-state index in [9.17, 15) is 18.0 Å². The average molecular weight is 451 g/mol. The lowest BCUT2D eigenvalue weighted by Crippen LogP contribution is -2.31. The summed E-state index contributed by atoms with van der Waals surface area (Å²) in [6, 6.07) is 5.34. The zero-order valence-corrected chi connectivity index (χ0v) is 18.0. The van der Waals surface area contributed by atoms with Crippen molar-refractivity contribution >= 4 is 11.7 Å². The molecule has 0 radical (unpaired) electrons. The smallest absolute Gasteiger partial charge is 0.417 e. The van der Waals surface area contributed by atoms with Crippen LogP contribution >= 0.6 is 0 Å². The summed E-state index contributed by atoms with van der Waals surface area (Å²) in [6.07, 6.45) is 2.34. The SMILES string of the molecule is O=C(CCCN1CCCCC1)Nc1cc(-c2ccc(OCC3CC3)cc2C(F)(F)F)n[nH]1. The quantitative estimate of drug-likeness (QED) is 0.558. The minimum Gasteiger partial charge on any atom is -0.493 e. The van der Waals surface area contributed by atoms with Crippen molar-refractivity contribution in [2.45, 2.75) is 51.1 Å². The van der Waals surface area contributed by atoms with Gasteiger partial charge in [-0.1, -0.05) is 6.42 Å². The van der Waals surface area contributed by atoms with Gasteiger partial charge in [-0.3, -0.25) is 9.89 Å². The molecule has 1 saturated heterocycles. The molecule has 2 N–H and O–H groups in total. The van der Waals surface area contributed by atoms with Gasteiger partial charge in [-0.25, -0.2) is 0 Å². The number of aromatic nitrogens is 2. The second kappa shape index (κ2) is 9.94. The number of amides is 1. The molecule has 0 atom stereocenters. The highest BCUT2D eigenvalue weighted by Gasteiger charge is 2.35. The van der Waals surface area contributed by atoms with Gasteiger partial charge in [0.1, 0.15) is 11.6 Å². The van der Waals surface area contributed by atoms with Gasteiger partial charge in [-0.15, -0.1) is 0 Å². The molecule has 2 aliphatic rings. The highest BCUT2D eigenvalue weighted by molar-refractivity contribution is 5.90. The summed E-state index contributed by atoms with van der Waals surface area (Å²) in [5.41, 5.74) is -0.746.